The van der Waals surface area contributed by atoms with E-state index in [-0.39, 0.29) is 6.04 Å². The molecule has 16 heavy (non-hydrogen) atoms. The standard InChI is InChI=1S/C12H20N4/c1-16-7-10(14-15-16)6-12(13)11-5-8-2-3-9(11)4-8/h7-9,11-12H,2-6,13H2,1H3. The lowest BCUT2D eigenvalue weighted by atomic mass is 9.82. The molecule has 0 spiro atoms. The lowest BCUT2D eigenvalue weighted by molar-refractivity contribution is 0.279. The number of aryl methyl sites for hydroxylation is 1. The molecule has 4 atom stereocenters. The first-order valence-electron chi connectivity index (χ1n) is 6.33. The van der Waals surface area contributed by atoms with Crippen molar-refractivity contribution in [3.8, 4) is 0 Å². The Bertz CT molecular complexity index is 373. The highest BCUT2D eigenvalue weighted by atomic mass is 15.4. The molecule has 4 unspecified atom stereocenters. The SMILES string of the molecule is Cn1cc(CC(N)C2CC3CCC2C3)nn1. The van der Waals surface area contributed by atoms with E-state index in [4.69, 9.17) is 5.73 Å². The monoisotopic (exact) mass is 220 g/mol. The van der Waals surface area contributed by atoms with Gasteiger partial charge < -0.3 is 5.73 Å². The summed E-state index contributed by atoms with van der Waals surface area (Å²) in [5.74, 6) is 2.61. The van der Waals surface area contributed by atoms with Crippen LogP contribution in [0.2, 0.25) is 0 Å². The van der Waals surface area contributed by atoms with Gasteiger partial charge in [0.2, 0.25) is 0 Å². The van der Waals surface area contributed by atoms with E-state index in [2.05, 4.69) is 10.3 Å². The third-order valence-electron chi connectivity index (χ3n) is 4.44. The molecule has 2 aliphatic rings. The van der Waals surface area contributed by atoms with Crippen LogP contribution in [0.1, 0.15) is 31.4 Å². The molecule has 3 rings (SSSR count). The van der Waals surface area contributed by atoms with E-state index in [0.29, 0.717) is 0 Å². The summed E-state index contributed by atoms with van der Waals surface area (Å²) < 4.78 is 1.75. The number of hydrogen-bond donors (Lipinski definition) is 1. The lowest BCUT2D eigenvalue weighted by Gasteiger charge is -2.27. The zero-order valence-electron chi connectivity index (χ0n) is 9.84. The fourth-order valence-electron chi connectivity index (χ4n) is 3.70. The van der Waals surface area contributed by atoms with Crippen LogP contribution in [0.15, 0.2) is 6.20 Å². The van der Waals surface area contributed by atoms with Crippen molar-refractivity contribution in [1.82, 2.24) is 15.0 Å². The minimum absolute atomic E-state index is 0.284. The molecule has 2 aliphatic carbocycles. The number of fused-ring (bicyclic) bond motifs is 2. The summed E-state index contributed by atoms with van der Waals surface area (Å²) in [6, 6.07) is 0.284. The van der Waals surface area contributed by atoms with Crippen molar-refractivity contribution in [3.63, 3.8) is 0 Å². The van der Waals surface area contributed by atoms with Gasteiger partial charge >= 0.3 is 0 Å². The van der Waals surface area contributed by atoms with E-state index < -0.39 is 0 Å². The Kier molecular flexibility index (Phi) is 2.46. The van der Waals surface area contributed by atoms with Crippen molar-refractivity contribution in [1.29, 1.82) is 0 Å². The number of nitrogens with two attached hydrogens (primary N) is 1. The highest BCUT2D eigenvalue weighted by molar-refractivity contribution is 5.01. The first kappa shape index (κ1) is 10.3. The number of hydrogen-bond acceptors (Lipinski definition) is 3. The second-order valence-electron chi connectivity index (χ2n) is 5.59. The molecular weight excluding hydrogens is 200 g/mol. The van der Waals surface area contributed by atoms with Crippen LogP contribution in [0.4, 0.5) is 0 Å². The molecule has 2 saturated carbocycles. The maximum Gasteiger partial charge on any atom is 0.0842 e. The molecule has 0 aliphatic heterocycles. The Labute approximate surface area is 96.2 Å². The number of aromatic nitrogens is 3. The predicted molar refractivity (Wildman–Crippen MR) is 61.6 cm³/mol. The average Bonchev–Trinajstić information content (AvgIpc) is 2.93. The molecule has 0 radical (unpaired) electrons. The van der Waals surface area contributed by atoms with Crippen molar-refractivity contribution in [2.45, 2.75) is 38.1 Å². The van der Waals surface area contributed by atoms with Gasteiger partial charge in [-0.25, -0.2) is 0 Å². The summed E-state index contributed by atoms with van der Waals surface area (Å²) in [6.07, 6.45) is 8.50. The van der Waals surface area contributed by atoms with Gasteiger partial charge in [-0.1, -0.05) is 11.6 Å². The Morgan fingerprint density at radius 1 is 1.50 bits per heavy atom. The fraction of sp³-hybridized carbons (Fsp3) is 0.833. The summed E-state index contributed by atoms with van der Waals surface area (Å²) >= 11 is 0. The zero-order chi connectivity index (χ0) is 11.1. The van der Waals surface area contributed by atoms with Crippen LogP contribution in [-0.2, 0) is 13.5 Å². The molecule has 0 aromatic carbocycles. The van der Waals surface area contributed by atoms with E-state index in [0.717, 1.165) is 29.9 Å². The highest BCUT2D eigenvalue weighted by Gasteiger charge is 2.42. The van der Waals surface area contributed by atoms with Gasteiger partial charge in [-0.05, 0) is 37.0 Å². The minimum Gasteiger partial charge on any atom is -0.327 e. The summed E-state index contributed by atoms with van der Waals surface area (Å²) in [4.78, 5) is 0. The summed E-state index contributed by atoms with van der Waals surface area (Å²) in [5, 5.41) is 8.08. The van der Waals surface area contributed by atoms with E-state index >= 15 is 0 Å². The van der Waals surface area contributed by atoms with Crippen LogP contribution < -0.4 is 5.73 Å². The molecule has 1 aromatic heterocycles. The number of rotatable bonds is 3. The predicted octanol–water partition coefficient (Wildman–Crippen LogP) is 1.12. The lowest BCUT2D eigenvalue weighted by Crippen LogP contribution is -2.35. The van der Waals surface area contributed by atoms with Crippen molar-refractivity contribution < 1.29 is 0 Å². The van der Waals surface area contributed by atoms with Gasteiger partial charge in [0.15, 0.2) is 0 Å². The minimum atomic E-state index is 0.284. The topological polar surface area (TPSA) is 56.7 Å². The molecule has 0 saturated heterocycles. The van der Waals surface area contributed by atoms with Crippen LogP contribution in [0.3, 0.4) is 0 Å². The molecule has 4 nitrogen and oxygen atoms in total. The Balaban J connectivity index is 1.63. The van der Waals surface area contributed by atoms with E-state index in [1.54, 1.807) is 4.68 Å². The maximum absolute atomic E-state index is 6.33. The Morgan fingerprint density at radius 3 is 2.94 bits per heavy atom. The smallest absolute Gasteiger partial charge is 0.0842 e. The van der Waals surface area contributed by atoms with Crippen LogP contribution in [-0.4, -0.2) is 21.0 Å². The second kappa shape index (κ2) is 3.84. The van der Waals surface area contributed by atoms with Gasteiger partial charge in [0.25, 0.3) is 0 Å². The van der Waals surface area contributed by atoms with Crippen LogP contribution in [0.5, 0.6) is 0 Å². The molecule has 2 fully saturated rings. The van der Waals surface area contributed by atoms with Crippen LogP contribution in [0.25, 0.3) is 0 Å². The average molecular weight is 220 g/mol. The summed E-state index contributed by atoms with van der Waals surface area (Å²) in [6.45, 7) is 0. The summed E-state index contributed by atoms with van der Waals surface area (Å²) in [7, 11) is 1.90. The van der Waals surface area contributed by atoms with Gasteiger partial charge in [-0.15, -0.1) is 5.10 Å². The van der Waals surface area contributed by atoms with Crippen molar-refractivity contribution in [2.75, 3.05) is 0 Å². The molecule has 0 amide bonds. The molecule has 1 heterocycles. The second-order valence-corrected chi connectivity index (χ2v) is 5.59. The fourth-order valence-corrected chi connectivity index (χ4v) is 3.70. The Hall–Kier alpha value is -0.900. The zero-order valence-corrected chi connectivity index (χ0v) is 9.84. The third kappa shape index (κ3) is 1.75. The van der Waals surface area contributed by atoms with Crippen molar-refractivity contribution in [2.24, 2.45) is 30.5 Å². The molecule has 4 heteroatoms. The quantitative estimate of drug-likeness (QED) is 0.830. The normalized spacial score (nSPS) is 34.5. The van der Waals surface area contributed by atoms with Gasteiger partial charge in [0, 0.05) is 25.7 Å². The van der Waals surface area contributed by atoms with Crippen molar-refractivity contribution >= 4 is 0 Å². The summed E-state index contributed by atoms with van der Waals surface area (Å²) in [5.41, 5.74) is 7.37. The largest absolute Gasteiger partial charge is 0.327 e. The first-order chi connectivity index (χ1) is 7.72. The first-order valence-corrected chi connectivity index (χ1v) is 6.33. The Morgan fingerprint density at radius 2 is 2.38 bits per heavy atom. The van der Waals surface area contributed by atoms with Crippen molar-refractivity contribution in [3.05, 3.63) is 11.9 Å². The molecular formula is C12H20N4. The highest BCUT2D eigenvalue weighted by Crippen LogP contribution is 2.49. The van der Waals surface area contributed by atoms with E-state index in [1.165, 1.54) is 25.7 Å². The van der Waals surface area contributed by atoms with Gasteiger partial charge in [0.1, 0.15) is 0 Å². The molecule has 1 aromatic rings. The van der Waals surface area contributed by atoms with E-state index in [9.17, 15) is 0 Å². The van der Waals surface area contributed by atoms with Crippen LogP contribution in [0, 0.1) is 17.8 Å². The molecule has 2 bridgehead atoms. The van der Waals surface area contributed by atoms with Gasteiger partial charge in [-0.2, -0.15) is 0 Å². The van der Waals surface area contributed by atoms with Gasteiger partial charge in [-0.3, -0.25) is 4.68 Å². The molecule has 2 N–H and O–H groups in total. The maximum atomic E-state index is 6.33. The van der Waals surface area contributed by atoms with Crippen LogP contribution >= 0.6 is 0 Å². The third-order valence-corrected chi connectivity index (χ3v) is 4.44. The number of nitrogens with zero attached hydrogens (tertiary/aromatic N) is 3. The van der Waals surface area contributed by atoms with E-state index in [1.807, 2.05) is 13.2 Å². The molecule has 88 valence electrons. The van der Waals surface area contributed by atoms with Gasteiger partial charge in [0.05, 0.1) is 5.69 Å².